The number of nitrogens with zero attached hydrogens (tertiary/aromatic N) is 3. The summed E-state index contributed by atoms with van der Waals surface area (Å²) in [5.74, 6) is 0. The quantitative estimate of drug-likeness (QED) is 0.570. The summed E-state index contributed by atoms with van der Waals surface area (Å²) in [7, 11) is 0. The first-order valence-electron chi connectivity index (χ1n) is 7.11. The van der Waals surface area contributed by atoms with Crippen LogP contribution in [0.4, 0.5) is 0 Å². The SMILES string of the molecule is Cc1cccc(C(=O)Sc2nnc3c(n2)[nH]c2ccccc23)c1. The lowest BCUT2D eigenvalue weighted by Gasteiger charge is -2.00. The molecular formula is C17H12N4OS. The Morgan fingerprint density at radius 3 is 2.83 bits per heavy atom. The van der Waals surface area contributed by atoms with Gasteiger partial charge >= 0.3 is 0 Å². The van der Waals surface area contributed by atoms with Crippen LogP contribution in [0.2, 0.25) is 0 Å². The van der Waals surface area contributed by atoms with E-state index in [1.165, 1.54) is 0 Å². The summed E-state index contributed by atoms with van der Waals surface area (Å²) in [6.07, 6.45) is 0. The third kappa shape index (κ3) is 2.57. The maximum atomic E-state index is 12.3. The summed E-state index contributed by atoms with van der Waals surface area (Å²) >= 11 is 0.987. The lowest BCUT2D eigenvalue weighted by Crippen LogP contribution is -1.98. The van der Waals surface area contributed by atoms with Crippen molar-refractivity contribution in [2.24, 2.45) is 0 Å². The van der Waals surface area contributed by atoms with E-state index in [0.29, 0.717) is 21.9 Å². The minimum atomic E-state index is -0.0917. The van der Waals surface area contributed by atoms with Gasteiger partial charge < -0.3 is 4.98 Å². The van der Waals surface area contributed by atoms with Crippen LogP contribution in [0.1, 0.15) is 15.9 Å². The Kier molecular flexibility index (Phi) is 3.31. The molecule has 0 atom stereocenters. The van der Waals surface area contributed by atoms with E-state index in [9.17, 15) is 4.79 Å². The van der Waals surface area contributed by atoms with E-state index >= 15 is 0 Å². The molecule has 112 valence electrons. The van der Waals surface area contributed by atoms with E-state index < -0.39 is 0 Å². The molecule has 1 N–H and O–H groups in total. The first-order chi connectivity index (χ1) is 11.2. The molecular weight excluding hydrogens is 308 g/mol. The number of carbonyl (C=O) groups excluding carboxylic acids is 1. The van der Waals surface area contributed by atoms with Crippen LogP contribution in [-0.2, 0) is 0 Å². The molecule has 0 saturated carbocycles. The third-order valence-electron chi connectivity index (χ3n) is 3.54. The van der Waals surface area contributed by atoms with Crippen molar-refractivity contribution < 1.29 is 4.79 Å². The molecule has 4 aromatic rings. The van der Waals surface area contributed by atoms with Crippen LogP contribution < -0.4 is 0 Å². The fourth-order valence-corrected chi connectivity index (χ4v) is 3.09. The number of aryl methyl sites for hydroxylation is 1. The Hall–Kier alpha value is -2.73. The summed E-state index contributed by atoms with van der Waals surface area (Å²) in [6.45, 7) is 1.95. The van der Waals surface area contributed by atoms with Gasteiger partial charge in [-0.3, -0.25) is 4.79 Å². The minimum Gasteiger partial charge on any atom is -0.338 e. The van der Waals surface area contributed by atoms with Gasteiger partial charge in [-0.2, -0.15) is 0 Å². The second-order valence-corrected chi connectivity index (χ2v) is 6.16. The van der Waals surface area contributed by atoms with Crippen LogP contribution in [-0.4, -0.2) is 25.3 Å². The van der Waals surface area contributed by atoms with E-state index in [1.54, 1.807) is 6.07 Å². The van der Waals surface area contributed by atoms with Gasteiger partial charge in [0, 0.05) is 16.5 Å². The molecule has 6 heteroatoms. The topological polar surface area (TPSA) is 71.5 Å². The summed E-state index contributed by atoms with van der Waals surface area (Å²) < 4.78 is 0. The molecule has 0 aliphatic heterocycles. The zero-order valence-corrected chi connectivity index (χ0v) is 13.1. The molecule has 2 heterocycles. The Bertz CT molecular complexity index is 1040. The second-order valence-electron chi connectivity index (χ2n) is 5.22. The highest BCUT2D eigenvalue weighted by atomic mass is 32.2. The number of fused-ring (bicyclic) bond motifs is 3. The van der Waals surface area contributed by atoms with Crippen LogP contribution in [0.3, 0.4) is 0 Å². The highest BCUT2D eigenvalue weighted by Gasteiger charge is 2.13. The Balaban J connectivity index is 1.69. The maximum Gasteiger partial charge on any atom is 0.227 e. The average molecular weight is 320 g/mol. The highest BCUT2D eigenvalue weighted by molar-refractivity contribution is 8.14. The highest BCUT2D eigenvalue weighted by Crippen LogP contribution is 2.24. The number of para-hydroxylation sites is 1. The Labute approximate surface area is 136 Å². The van der Waals surface area contributed by atoms with Crippen molar-refractivity contribution in [2.75, 3.05) is 0 Å². The molecule has 0 saturated heterocycles. The van der Waals surface area contributed by atoms with Crippen molar-refractivity contribution in [1.29, 1.82) is 0 Å². The van der Waals surface area contributed by atoms with E-state index in [0.717, 1.165) is 28.2 Å². The van der Waals surface area contributed by atoms with Crippen LogP contribution in [0.5, 0.6) is 0 Å². The molecule has 0 fully saturated rings. The number of thioether (sulfide) groups is 1. The van der Waals surface area contributed by atoms with Crippen LogP contribution in [0.25, 0.3) is 22.1 Å². The third-order valence-corrected chi connectivity index (χ3v) is 4.32. The van der Waals surface area contributed by atoms with Gasteiger partial charge in [0.2, 0.25) is 10.3 Å². The number of benzene rings is 2. The van der Waals surface area contributed by atoms with Gasteiger partial charge in [-0.05, 0) is 30.8 Å². The smallest absolute Gasteiger partial charge is 0.227 e. The van der Waals surface area contributed by atoms with Gasteiger partial charge in [0.25, 0.3) is 0 Å². The summed E-state index contributed by atoms with van der Waals surface area (Å²) in [5.41, 5.74) is 3.99. The van der Waals surface area contributed by atoms with Crippen molar-refractivity contribution >= 4 is 38.9 Å². The van der Waals surface area contributed by atoms with E-state index in [-0.39, 0.29) is 5.12 Å². The van der Waals surface area contributed by atoms with Gasteiger partial charge in [0.05, 0.1) is 0 Å². The van der Waals surface area contributed by atoms with Crippen molar-refractivity contribution in [2.45, 2.75) is 12.1 Å². The summed E-state index contributed by atoms with van der Waals surface area (Å²) in [5, 5.41) is 9.52. The molecule has 4 rings (SSSR count). The fourth-order valence-electron chi connectivity index (χ4n) is 2.46. The molecule has 0 amide bonds. The van der Waals surface area contributed by atoms with Gasteiger partial charge in [-0.25, -0.2) is 4.98 Å². The number of H-pyrrole nitrogens is 1. The Morgan fingerprint density at radius 1 is 1.09 bits per heavy atom. The number of carbonyl (C=O) groups is 1. The molecule has 0 spiro atoms. The minimum absolute atomic E-state index is 0.0917. The van der Waals surface area contributed by atoms with E-state index in [2.05, 4.69) is 20.2 Å². The number of hydrogen-bond donors (Lipinski definition) is 1. The van der Waals surface area contributed by atoms with E-state index in [4.69, 9.17) is 0 Å². The van der Waals surface area contributed by atoms with Gasteiger partial charge in [0.15, 0.2) is 5.65 Å². The second kappa shape index (κ2) is 5.48. The molecule has 0 unspecified atom stereocenters. The zero-order valence-electron chi connectivity index (χ0n) is 12.3. The predicted molar refractivity (Wildman–Crippen MR) is 90.6 cm³/mol. The zero-order chi connectivity index (χ0) is 15.8. The molecule has 2 aromatic heterocycles. The fraction of sp³-hybridized carbons (Fsp3) is 0.0588. The molecule has 0 aliphatic carbocycles. The first-order valence-corrected chi connectivity index (χ1v) is 7.92. The number of aromatic amines is 1. The van der Waals surface area contributed by atoms with Crippen molar-refractivity contribution in [3.05, 3.63) is 59.7 Å². The normalized spacial score (nSPS) is 11.2. The van der Waals surface area contributed by atoms with Crippen LogP contribution in [0, 0.1) is 6.92 Å². The number of aromatic nitrogens is 4. The summed E-state index contributed by atoms with van der Waals surface area (Å²) in [4.78, 5) is 19.9. The number of hydrogen-bond acceptors (Lipinski definition) is 5. The molecule has 5 nitrogen and oxygen atoms in total. The first kappa shape index (κ1) is 13.9. The Morgan fingerprint density at radius 2 is 1.96 bits per heavy atom. The van der Waals surface area contributed by atoms with E-state index in [1.807, 2.05) is 49.4 Å². The molecule has 0 radical (unpaired) electrons. The standard InChI is InChI=1S/C17H12N4OS/c1-10-5-4-6-11(9-10)16(22)23-17-19-15-14(20-21-17)12-7-2-3-8-13(12)18-15/h2-9H,1H3,(H,18,19,21). The monoisotopic (exact) mass is 320 g/mol. The van der Waals surface area contributed by atoms with Crippen LogP contribution >= 0.6 is 11.8 Å². The lowest BCUT2D eigenvalue weighted by atomic mass is 10.2. The van der Waals surface area contributed by atoms with Crippen molar-refractivity contribution in [3.63, 3.8) is 0 Å². The predicted octanol–water partition coefficient (Wildman–Crippen LogP) is 3.75. The largest absolute Gasteiger partial charge is 0.338 e. The van der Waals surface area contributed by atoms with Crippen LogP contribution in [0.15, 0.2) is 53.7 Å². The molecule has 2 aromatic carbocycles. The molecule has 23 heavy (non-hydrogen) atoms. The number of rotatable bonds is 2. The maximum absolute atomic E-state index is 12.3. The average Bonchev–Trinajstić information content (AvgIpc) is 2.92. The van der Waals surface area contributed by atoms with Gasteiger partial charge in [-0.1, -0.05) is 42.0 Å². The summed E-state index contributed by atoms with van der Waals surface area (Å²) in [6, 6.07) is 15.3. The van der Waals surface area contributed by atoms with Gasteiger partial charge in [0.1, 0.15) is 5.52 Å². The molecule has 0 bridgehead atoms. The van der Waals surface area contributed by atoms with Crippen molar-refractivity contribution in [3.8, 4) is 0 Å². The lowest BCUT2D eigenvalue weighted by molar-refractivity contribution is 0.108. The molecule has 0 aliphatic rings. The number of nitrogens with one attached hydrogen (secondary N) is 1. The van der Waals surface area contributed by atoms with Gasteiger partial charge in [-0.15, -0.1) is 10.2 Å². The van der Waals surface area contributed by atoms with Crippen molar-refractivity contribution in [1.82, 2.24) is 20.2 Å².